The van der Waals surface area contributed by atoms with E-state index in [0.29, 0.717) is 10.4 Å². The van der Waals surface area contributed by atoms with E-state index >= 15 is 0 Å². The fourth-order valence-electron chi connectivity index (χ4n) is 1.80. The molecule has 4 nitrogen and oxygen atoms in total. The van der Waals surface area contributed by atoms with Crippen LogP contribution in [0.2, 0.25) is 0 Å². The summed E-state index contributed by atoms with van der Waals surface area (Å²) in [7, 11) is 0. The van der Waals surface area contributed by atoms with Gasteiger partial charge in [-0.1, -0.05) is 0 Å². The van der Waals surface area contributed by atoms with Crippen LogP contribution in [0.5, 0.6) is 0 Å². The first-order valence-corrected chi connectivity index (χ1v) is 6.14. The van der Waals surface area contributed by atoms with Gasteiger partial charge in [-0.2, -0.15) is 0 Å². The highest BCUT2D eigenvalue weighted by molar-refractivity contribution is 9.10. The van der Waals surface area contributed by atoms with Gasteiger partial charge in [-0.05, 0) is 47.8 Å². The van der Waals surface area contributed by atoms with E-state index in [4.69, 9.17) is 9.15 Å². The maximum absolute atomic E-state index is 11.7. The zero-order chi connectivity index (χ0) is 11.5. The molecule has 1 fully saturated rings. The highest BCUT2D eigenvalue weighted by atomic mass is 79.9. The van der Waals surface area contributed by atoms with Crippen LogP contribution in [0.4, 0.5) is 0 Å². The van der Waals surface area contributed by atoms with E-state index in [0.717, 1.165) is 19.4 Å². The molecule has 1 aliphatic heterocycles. The predicted octanol–water partition coefficient (Wildman–Crippen LogP) is 2.34. The van der Waals surface area contributed by atoms with E-state index in [1.165, 1.54) is 0 Å². The summed E-state index contributed by atoms with van der Waals surface area (Å²) in [6.45, 7) is 2.74. The van der Waals surface area contributed by atoms with Crippen molar-refractivity contribution in [1.82, 2.24) is 5.32 Å². The van der Waals surface area contributed by atoms with Crippen molar-refractivity contribution >= 4 is 21.8 Å². The van der Waals surface area contributed by atoms with E-state index in [-0.39, 0.29) is 18.1 Å². The number of carbonyl (C=O) groups excluding carboxylic acids is 1. The van der Waals surface area contributed by atoms with Crippen molar-refractivity contribution in [3.8, 4) is 0 Å². The highest BCUT2D eigenvalue weighted by Crippen LogP contribution is 2.17. The maximum atomic E-state index is 11.7. The molecule has 2 atom stereocenters. The fourth-order valence-corrected chi connectivity index (χ4v) is 2.11. The molecule has 1 aromatic heterocycles. The van der Waals surface area contributed by atoms with Gasteiger partial charge in [-0.3, -0.25) is 4.79 Å². The minimum Gasteiger partial charge on any atom is -0.444 e. The molecule has 1 N–H and O–H groups in total. The normalized spacial score (nSPS) is 22.0. The Morgan fingerprint density at radius 3 is 3.00 bits per heavy atom. The zero-order valence-electron chi connectivity index (χ0n) is 9.03. The summed E-state index contributed by atoms with van der Waals surface area (Å²) in [5.74, 6) is 0.116. The second-order valence-corrected chi connectivity index (χ2v) is 4.70. The molecule has 5 heteroatoms. The average Bonchev–Trinajstić information content (AvgIpc) is 2.87. The summed E-state index contributed by atoms with van der Waals surface area (Å²) in [6.07, 6.45) is 2.20. The molecular weight excluding hydrogens is 274 g/mol. The standard InChI is InChI=1S/C11H14BrNO3/c1-7(8-3-2-6-15-8)13-11(14)9-4-5-10(12)16-9/h4-5,7-8H,2-3,6H2,1H3,(H,13,14). The highest BCUT2D eigenvalue weighted by Gasteiger charge is 2.24. The molecular formula is C11H14BrNO3. The SMILES string of the molecule is CC(NC(=O)c1ccc(Br)o1)C1CCCO1. The first kappa shape index (κ1) is 11.7. The van der Waals surface area contributed by atoms with Gasteiger partial charge in [0.2, 0.25) is 0 Å². The monoisotopic (exact) mass is 287 g/mol. The van der Waals surface area contributed by atoms with Gasteiger partial charge in [-0.15, -0.1) is 0 Å². The fraction of sp³-hybridized carbons (Fsp3) is 0.545. The Hall–Kier alpha value is -0.810. The van der Waals surface area contributed by atoms with Crippen molar-refractivity contribution in [1.29, 1.82) is 0 Å². The lowest BCUT2D eigenvalue weighted by Crippen LogP contribution is -2.40. The smallest absolute Gasteiger partial charge is 0.287 e. The molecule has 2 unspecified atom stereocenters. The second-order valence-electron chi connectivity index (χ2n) is 3.92. The third-order valence-electron chi connectivity index (χ3n) is 2.68. The Morgan fingerprint density at radius 2 is 2.44 bits per heavy atom. The lowest BCUT2D eigenvalue weighted by atomic mass is 10.1. The van der Waals surface area contributed by atoms with Gasteiger partial charge in [0.05, 0.1) is 12.1 Å². The summed E-state index contributed by atoms with van der Waals surface area (Å²) >= 11 is 3.16. The number of nitrogens with one attached hydrogen (secondary N) is 1. The van der Waals surface area contributed by atoms with Crippen molar-refractivity contribution in [2.75, 3.05) is 6.61 Å². The predicted molar refractivity (Wildman–Crippen MR) is 62.3 cm³/mol. The molecule has 0 bridgehead atoms. The first-order valence-electron chi connectivity index (χ1n) is 5.34. The van der Waals surface area contributed by atoms with E-state index < -0.39 is 0 Å². The van der Waals surface area contributed by atoms with Crippen LogP contribution in [0.15, 0.2) is 21.2 Å². The molecule has 2 rings (SSSR count). The number of halogens is 1. The van der Waals surface area contributed by atoms with Crippen molar-refractivity contribution < 1.29 is 13.9 Å². The van der Waals surface area contributed by atoms with Gasteiger partial charge in [0.1, 0.15) is 0 Å². The molecule has 0 saturated carbocycles. The van der Waals surface area contributed by atoms with Crippen molar-refractivity contribution in [2.24, 2.45) is 0 Å². The summed E-state index contributed by atoms with van der Waals surface area (Å²) in [6, 6.07) is 3.35. The molecule has 1 aromatic rings. The van der Waals surface area contributed by atoms with Crippen LogP contribution in [0.1, 0.15) is 30.3 Å². The minimum absolute atomic E-state index is 0.0128. The Bertz CT molecular complexity index is 371. The van der Waals surface area contributed by atoms with Gasteiger partial charge in [0.25, 0.3) is 5.91 Å². The Balaban J connectivity index is 1.91. The van der Waals surface area contributed by atoms with E-state index in [1.807, 2.05) is 6.92 Å². The third-order valence-corrected chi connectivity index (χ3v) is 3.10. The molecule has 0 aromatic carbocycles. The van der Waals surface area contributed by atoms with E-state index in [2.05, 4.69) is 21.2 Å². The van der Waals surface area contributed by atoms with Crippen LogP contribution in [-0.4, -0.2) is 24.7 Å². The molecule has 1 saturated heterocycles. The van der Waals surface area contributed by atoms with Crippen LogP contribution >= 0.6 is 15.9 Å². The van der Waals surface area contributed by atoms with Crippen LogP contribution in [-0.2, 0) is 4.74 Å². The number of hydrogen-bond acceptors (Lipinski definition) is 3. The van der Waals surface area contributed by atoms with Crippen molar-refractivity contribution in [3.63, 3.8) is 0 Å². The molecule has 0 spiro atoms. The molecule has 16 heavy (non-hydrogen) atoms. The molecule has 1 amide bonds. The number of rotatable bonds is 3. The van der Waals surface area contributed by atoms with Gasteiger partial charge in [0.15, 0.2) is 10.4 Å². The number of hydrogen-bond donors (Lipinski definition) is 1. The minimum atomic E-state index is -0.200. The number of ether oxygens (including phenoxy) is 1. The van der Waals surface area contributed by atoms with Crippen LogP contribution in [0.3, 0.4) is 0 Å². The summed E-state index contributed by atoms with van der Waals surface area (Å²) < 4.78 is 11.2. The topological polar surface area (TPSA) is 51.5 Å². The molecule has 1 aliphatic rings. The lowest BCUT2D eigenvalue weighted by molar-refractivity contribution is 0.0696. The van der Waals surface area contributed by atoms with Gasteiger partial charge in [0, 0.05) is 6.61 Å². The first-order chi connectivity index (χ1) is 7.66. The second kappa shape index (κ2) is 5.01. The molecule has 0 radical (unpaired) electrons. The maximum Gasteiger partial charge on any atom is 0.287 e. The number of amides is 1. The van der Waals surface area contributed by atoms with Crippen LogP contribution in [0, 0.1) is 0 Å². The molecule has 88 valence electrons. The van der Waals surface area contributed by atoms with Gasteiger partial charge >= 0.3 is 0 Å². The summed E-state index contributed by atoms with van der Waals surface area (Å²) in [4.78, 5) is 11.7. The molecule has 0 aliphatic carbocycles. The largest absolute Gasteiger partial charge is 0.444 e. The summed E-state index contributed by atoms with van der Waals surface area (Å²) in [5.41, 5.74) is 0. The van der Waals surface area contributed by atoms with Crippen molar-refractivity contribution in [2.45, 2.75) is 31.9 Å². The Morgan fingerprint density at radius 1 is 1.62 bits per heavy atom. The van der Waals surface area contributed by atoms with Crippen LogP contribution < -0.4 is 5.32 Å². The summed E-state index contributed by atoms with van der Waals surface area (Å²) in [5, 5.41) is 2.87. The Labute approximate surface area is 102 Å². The average molecular weight is 288 g/mol. The number of carbonyl (C=O) groups is 1. The van der Waals surface area contributed by atoms with Gasteiger partial charge < -0.3 is 14.5 Å². The van der Waals surface area contributed by atoms with Crippen LogP contribution in [0.25, 0.3) is 0 Å². The quantitative estimate of drug-likeness (QED) is 0.928. The third kappa shape index (κ3) is 2.65. The Kier molecular flexibility index (Phi) is 3.66. The zero-order valence-corrected chi connectivity index (χ0v) is 10.6. The van der Waals surface area contributed by atoms with Gasteiger partial charge in [-0.25, -0.2) is 0 Å². The molecule has 2 heterocycles. The lowest BCUT2D eigenvalue weighted by Gasteiger charge is -2.19. The van der Waals surface area contributed by atoms with E-state index in [9.17, 15) is 4.79 Å². The van der Waals surface area contributed by atoms with Crippen molar-refractivity contribution in [3.05, 3.63) is 22.6 Å². The number of furan rings is 1. The van der Waals surface area contributed by atoms with E-state index in [1.54, 1.807) is 12.1 Å².